The molecule has 2 aromatic rings. The Kier molecular flexibility index (Phi) is 2.88. The minimum Gasteiger partial charge on any atom is -0.388 e. The van der Waals surface area contributed by atoms with E-state index in [2.05, 4.69) is 5.10 Å². The first-order valence-corrected chi connectivity index (χ1v) is 5.75. The molecule has 80 valence electrons. The highest BCUT2D eigenvalue weighted by Crippen LogP contribution is 2.22. The van der Waals surface area contributed by atoms with Crippen molar-refractivity contribution in [3.8, 4) is 0 Å². The Bertz CT molecular complexity index is 433. The fourth-order valence-corrected chi connectivity index (χ4v) is 2.42. The van der Waals surface area contributed by atoms with Crippen molar-refractivity contribution >= 4 is 11.3 Å². The highest BCUT2D eigenvalue weighted by atomic mass is 32.1. The van der Waals surface area contributed by atoms with E-state index < -0.39 is 6.10 Å². The molecule has 0 aliphatic heterocycles. The summed E-state index contributed by atoms with van der Waals surface area (Å²) in [5.74, 6) is 0. The highest BCUT2D eigenvalue weighted by Gasteiger charge is 2.14. The molecule has 0 amide bonds. The van der Waals surface area contributed by atoms with Crippen molar-refractivity contribution in [2.24, 2.45) is 7.05 Å². The molecule has 0 spiro atoms. The lowest BCUT2D eigenvalue weighted by molar-refractivity contribution is 0.178. The molecular weight excluding hydrogens is 208 g/mol. The van der Waals surface area contributed by atoms with E-state index in [0.29, 0.717) is 6.42 Å². The van der Waals surface area contributed by atoms with Crippen molar-refractivity contribution in [1.29, 1.82) is 0 Å². The van der Waals surface area contributed by atoms with Crippen molar-refractivity contribution in [2.75, 3.05) is 0 Å². The van der Waals surface area contributed by atoms with Gasteiger partial charge in [-0.3, -0.25) is 4.68 Å². The molecule has 15 heavy (non-hydrogen) atoms. The quantitative estimate of drug-likeness (QED) is 0.863. The van der Waals surface area contributed by atoms with Gasteiger partial charge in [0.2, 0.25) is 0 Å². The van der Waals surface area contributed by atoms with Gasteiger partial charge in [-0.25, -0.2) is 0 Å². The lowest BCUT2D eigenvalue weighted by atomic mass is 10.1. The van der Waals surface area contributed by atoms with Gasteiger partial charge in [0.05, 0.1) is 11.8 Å². The smallest absolute Gasteiger partial charge is 0.0871 e. The summed E-state index contributed by atoms with van der Waals surface area (Å²) in [6.45, 7) is 1.92. The number of thiophene rings is 1. The average Bonchev–Trinajstić information content (AvgIpc) is 2.75. The largest absolute Gasteiger partial charge is 0.388 e. The van der Waals surface area contributed by atoms with E-state index in [1.165, 1.54) is 4.88 Å². The molecule has 2 heterocycles. The Balaban J connectivity index is 2.14. The van der Waals surface area contributed by atoms with Crippen LogP contribution in [0.5, 0.6) is 0 Å². The number of aliphatic hydroxyl groups is 1. The van der Waals surface area contributed by atoms with Crippen molar-refractivity contribution in [2.45, 2.75) is 19.4 Å². The molecule has 1 N–H and O–H groups in total. The van der Waals surface area contributed by atoms with E-state index in [9.17, 15) is 5.11 Å². The minimum absolute atomic E-state index is 0.447. The van der Waals surface area contributed by atoms with Crippen LogP contribution in [0.15, 0.2) is 23.7 Å². The summed E-state index contributed by atoms with van der Waals surface area (Å²) in [6.07, 6.45) is 2.11. The van der Waals surface area contributed by atoms with Gasteiger partial charge < -0.3 is 5.11 Å². The third-order valence-electron chi connectivity index (χ3n) is 2.39. The van der Waals surface area contributed by atoms with Crippen LogP contribution in [-0.2, 0) is 13.5 Å². The second-order valence-corrected chi connectivity index (χ2v) is 4.68. The molecule has 4 heteroatoms. The Morgan fingerprint density at radius 3 is 2.93 bits per heavy atom. The van der Waals surface area contributed by atoms with Gasteiger partial charge in [0.1, 0.15) is 0 Å². The maximum atomic E-state index is 10.0. The first kappa shape index (κ1) is 10.4. The van der Waals surface area contributed by atoms with Gasteiger partial charge in [-0.2, -0.15) is 5.10 Å². The molecule has 0 saturated carbocycles. The molecule has 2 rings (SSSR count). The van der Waals surface area contributed by atoms with Gasteiger partial charge >= 0.3 is 0 Å². The topological polar surface area (TPSA) is 38.0 Å². The summed E-state index contributed by atoms with van der Waals surface area (Å²) >= 11 is 1.67. The fourth-order valence-electron chi connectivity index (χ4n) is 1.67. The summed E-state index contributed by atoms with van der Waals surface area (Å²) in [4.78, 5) is 1.20. The SMILES string of the molecule is Cc1nn(C)cc1C(O)Cc1cccs1. The molecule has 0 radical (unpaired) electrons. The number of rotatable bonds is 3. The average molecular weight is 222 g/mol. The number of hydrogen-bond acceptors (Lipinski definition) is 3. The predicted octanol–water partition coefficient (Wildman–Crippen LogP) is 2.07. The number of aliphatic hydroxyl groups excluding tert-OH is 1. The molecule has 0 saturated heterocycles. The predicted molar refractivity (Wildman–Crippen MR) is 60.9 cm³/mol. The zero-order valence-electron chi connectivity index (χ0n) is 8.84. The molecule has 2 aromatic heterocycles. The Morgan fingerprint density at radius 1 is 1.60 bits per heavy atom. The Labute approximate surface area is 93.0 Å². The Morgan fingerprint density at radius 2 is 2.40 bits per heavy atom. The van der Waals surface area contributed by atoms with Crippen LogP contribution >= 0.6 is 11.3 Å². The van der Waals surface area contributed by atoms with Crippen LogP contribution in [0.1, 0.15) is 22.2 Å². The van der Waals surface area contributed by atoms with Crippen LogP contribution in [-0.4, -0.2) is 14.9 Å². The molecule has 0 aliphatic rings. The van der Waals surface area contributed by atoms with E-state index in [-0.39, 0.29) is 0 Å². The van der Waals surface area contributed by atoms with Gasteiger partial charge in [-0.1, -0.05) is 6.07 Å². The maximum Gasteiger partial charge on any atom is 0.0871 e. The zero-order valence-corrected chi connectivity index (χ0v) is 9.66. The Hall–Kier alpha value is -1.13. The van der Waals surface area contributed by atoms with Crippen LogP contribution in [0.2, 0.25) is 0 Å². The minimum atomic E-state index is -0.447. The zero-order chi connectivity index (χ0) is 10.8. The molecular formula is C11H14N2OS. The summed E-state index contributed by atoms with van der Waals surface area (Å²) in [5.41, 5.74) is 1.83. The van der Waals surface area contributed by atoms with Gasteiger partial charge in [0.25, 0.3) is 0 Å². The molecule has 0 aliphatic carbocycles. The number of nitrogens with zero attached hydrogens (tertiary/aromatic N) is 2. The first-order valence-electron chi connectivity index (χ1n) is 4.87. The van der Waals surface area contributed by atoms with Crippen LogP contribution in [0.3, 0.4) is 0 Å². The summed E-state index contributed by atoms with van der Waals surface area (Å²) in [5, 5.41) is 16.3. The number of hydrogen-bond donors (Lipinski definition) is 1. The van der Waals surface area contributed by atoms with Crippen LogP contribution in [0, 0.1) is 6.92 Å². The second kappa shape index (κ2) is 4.16. The van der Waals surface area contributed by atoms with E-state index in [1.807, 2.05) is 37.7 Å². The number of aryl methyl sites for hydroxylation is 2. The van der Waals surface area contributed by atoms with Crippen molar-refractivity contribution in [3.05, 3.63) is 39.8 Å². The van der Waals surface area contributed by atoms with Gasteiger partial charge in [0, 0.05) is 30.1 Å². The lowest BCUT2D eigenvalue weighted by Gasteiger charge is -2.07. The summed E-state index contributed by atoms with van der Waals surface area (Å²) in [6, 6.07) is 4.04. The highest BCUT2D eigenvalue weighted by molar-refractivity contribution is 7.09. The fraction of sp³-hybridized carbons (Fsp3) is 0.364. The summed E-state index contributed by atoms with van der Waals surface area (Å²) < 4.78 is 1.74. The van der Waals surface area contributed by atoms with Crippen LogP contribution in [0.4, 0.5) is 0 Å². The molecule has 1 atom stereocenters. The standard InChI is InChI=1S/C11H14N2OS/c1-8-10(7-13(2)12-8)11(14)6-9-4-3-5-15-9/h3-5,7,11,14H,6H2,1-2H3. The van der Waals surface area contributed by atoms with Gasteiger partial charge in [0.15, 0.2) is 0 Å². The van der Waals surface area contributed by atoms with Gasteiger partial charge in [-0.05, 0) is 18.4 Å². The normalized spacial score (nSPS) is 13.0. The third kappa shape index (κ3) is 2.27. The monoisotopic (exact) mass is 222 g/mol. The van der Waals surface area contributed by atoms with Crippen LogP contribution in [0.25, 0.3) is 0 Å². The lowest BCUT2D eigenvalue weighted by Crippen LogP contribution is -2.00. The molecule has 1 unspecified atom stereocenters. The van der Waals surface area contributed by atoms with Crippen molar-refractivity contribution in [1.82, 2.24) is 9.78 Å². The van der Waals surface area contributed by atoms with Crippen LogP contribution < -0.4 is 0 Å². The molecule has 3 nitrogen and oxygen atoms in total. The van der Waals surface area contributed by atoms with E-state index in [0.717, 1.165) is 11.3 Å². The summed E-state index contributed by atoms with van der Waals surface area (Å²) in [7, 11) is 1.87. The van der Waals surface area contributed by atoms with Crippen molar-refractivity contribution in [3.63, 3.8) is 0 Å². The van der Waals surface area contributed by atoms with E-state index in [4.69, 9.17) is 0 Å². The molecule has 0 bridgehead atoms. The molecule has 0 aromatic carbocycles. The molecule has 0 fully saturated rings. The van der Waals surface area contributed by atoms with E-state index in [1.54, 1.807) is 16.0 Å². The van der Waals surface area contributed by atoms with Gasteiger partial charge in [-0.15, -0.1) is 11.3 Å². The van der Waals surface area contributed by atoms with E-state index >= 15 is 0 Å². The third-order valence-corrected chi connectivity index (χ3v) is 3.28. The number of aromatic nitrogens is 2. The van der Waals surface area contributed by atoms with Crippen molar-refractivity contribution < 1.29 is 5.11 Å². The maximum absolute atomic E-state index is 10.0. The first-order chi connectivity index (χ1) is 7.16. The second-order valence-electron chi connectivity index (χ2n) is 3.64.